The molecule has 0 bridgehead atoms. The molecule has 7 atom stereocenters. The Bertz CT molecular complexity index is 463. The molecule has 0 aromatic heterocycles. The van der Waals surface area contributed by atoms with Crippen molar-refractivity contribution in [3.8, 4) is 0 Å². The van der Waals surface area contributed by atoms with Gasteiger partial charge in [0.2, 0.25) is 0 Å². The topological polar surface area (TPSA) is 40.5 Å². The van der Waals surface area contributed by atoms with E-state index in [9.17, 15) is 10.2 Å². The third-order valence-electron chi connectivity index (χ3n) is 9.43. The summed E-state index contributed by atoms with van der Waals surface area (Å²) in [6.07, 6.45) is 13.8. The first-order chi connectivity index (χ1) is 10.9. The molecule has 2 nitrogen and oxygen atoms in total. The second-order valence-electron chi connectivity index (χ2n) is 9.90. The summed E-state index contributed by atoms with van der Waals surface area (Å²) in [6, 6.07) is 0. The van der Waals surface area contributed by atoms with Crippen molar-refractivity contribution in [3.63, 3.8) is 0 Å². The minimum atomic E-state index is -0.609. The molecule has 4 aliphatic rings. The van der Waals surface area contributed by atoms with Crippen LogP contribution in [-0.4, -0.2) is 22.4 Å². The number of hydrogen-bond donors (Lipinski definition) is 2. The molecule has 2 N–H and O–H groups in total. The lowest BCUT2D eigenvalue weighted by atomic mass is 9.44. The monoisotopic (exact) mass is 320 g/mol. The summed E-state index contributed by atoms with van der Waals surface area (Å²) >= 11 is 0. The Kier molecular flexibility index (Phi) is 3.89. The maximum absolute atomic E-state index is 11.3. The van der Waals surface area contributed by atoms with E-state index in [2.05, 4.69) is 13.8 Å². The Balaban J connectivity index is 1.63. The zero-order valence-corrected chi connectivity index (χ0v) is 15.2. The fourth-order valence-electron chi connectivity index (χ4n) is 8.00. The van der Waals surface area contributed by atoms with E-state index >= 15 is 0 Å². The summed E-state index contributed by atoms with van der Waals surface area (Å²) in [5.41, 5.74) is 0.0245. The first-order valence-corrected chi connectivity index (χ1v) is 10.3. The smallest absolute Gasteiger partial charge is 0.0725 e. The average Bonchev–Trinajstić information content (AvgIpc) is 2.79. The van der Waals surface area contributed by atoms with Crippen LogP contribution >= 0.6 is 0 Å². The Morgan fingerprint density at radius 2 is 1.65 bits per heavy atom. The molecule has 4 saturated carbocycles. The van der Waals surface area contributed by atoms with Crippen LogP contribution < -0.4 is 0 Å². The Hall–Kier alpha value is -0.0800. The van der Waals surface area contributed by atoms with Crippen LogP contribution in [0.1, 0.15) is 84.5 Å². The number of aliphatic hydroxyl groups excluding tert-OH is 1. The van der Waals surface area contributed by atoms with Crippen molar-refractivity contribution in [2.45, 2.75) is 90.1 Å². The number of hydrogen-bond acceptors (Lipinski definition) is 2. The van der Waals surface area contributed by atoms with Gasteiger partial charge in [0.25, 0.3) is 0 Å². The zero-order chi connectivity index (χ0) is 16.3. The standard InChI is InChI=1S/C21H36O2/c1-19-10-4-3-5-15(19)6-7-16-17(19)8-11-20(2)18(16)9-12-21(20,23)13-14-22/h15-18,22-23H,3-14H2,1-2H3/t15-,16-,17+,18+,19+,20+,21+/m1/s1. The van der Waals surface area contributed by atoms with E-state index in [-0.39, 0.29) is 12.0 Å². The van der Waals surface area contributed by atoms with E-state index in [0.29, 0.717) is 17.8 Å². The van der Waals surface area contributed by atoms with E-state index in [1.54, 1.807) is 0 Å². The highest BCUT2D eigenvalue weighted by molar-refractivity contribution is 5.13. The molecule has 0 spiro atoms. The molecule has 2 heteroatoms. The van der Waals surface area contributed by atoms with E-state index < -0.39 is 5.60 Å². The fourth-order valence-corrected chi connectivity index (χ4v) is 8.00. The third kappa shape index (κ3) is 2.13. The average molecular weight is 321 g/mol. The van der Waals surface area contributed by atoms with Gasteiger partial charge in [0, 0.05) is 6.61 Å². The van der Waals surface area contributed by atoms with Crippen molar-refractivity contribution in [2.24, 2.45) is 34.5 Å². The van der Waals surface area contributed by atoms with Gasteiger partial charge in [-0.1, -0.05) is 26.7 Å². The molecule has 4 fully saturated rings. The molecule has 4 aliphatic carbocycles. The molecule has 0 aromatic rings. The lowest BCUT2D eigenvalue weighted by Crippen LogP contribution is -2.56. The van der Waals surface area contributed by atoms with Crippen LogP contribution in [0.3, 0.4) is 0 Å². The van der Waals surface area contributed by atoms with Gasteiger partial charge >= 0.3 is 0 Å². The summed E-state index contributed by atoms with van der Waals surface area (Å²) in [5, 5.41) is 20.7. The summed E-state index contributed by atoms with van der Waals surface area (Å²) in [6.45, 7) is 5.10. The summed E-state index contributed by atoms with van der Waals surface area (Å²) in [5.74, 6) is 3.40. The fraction of sp³-hybridized carbons (Fsp3) is 1.00. The predicted molar refractivity (Wildman–Crippen MR) is 93.0 cm³/mol. The van der Waals surface area contributed by atoms with Gasteiger partial charge in [-0.3, -0.25) is 0 Å². The van der Waals surface area contributed by atoms with Crippen LogP contribution in [0.15, 0.2) is 0 Å². The van der Waals surface area contributed by atoms with Gasteiger partial charge in [0.15, 0.2) is 0 Å². The number of aliphatic hydroxyl groups is 2. The van der Waals surface area contributed by atoms with Gasteiger partial charge in [0.1, 0.15) is 0 Å². The van der Waals surface area contributed by atoms with Gasteiger partial charge in [-0.2, -0.15) is 0 Å². The molecule has 0 heterocycles. The third-order valence-corrected chi connectivity index (χ3v) is 9.43. The van der Waals surface area contributed by atoms with Crippen LogP contribution in [-0.2, 0) is 0 Å². The van der Waals surface area contributed by atoms with Crippen molar-refractivity contribution < 1.29 is 10.2 Å². The van der Waals surface area contributed by atoms with E-state index in [0.717, 1.165) is 24.2 Å². The van der Waals surface area contributed by atoms with Gasteiger partial charge in [-0.25, -0.2) is 0 Å². The quantitative estimate of drug-likeness (QED) is 0.784. The molecule has 0 amide bonds. The molecule has 4 rings (SSSR count). The minimum absolute atomic E-state index is 0.0504. The molecule has 0 saturated heterocycles. The SMILES string of the molecule is C[C@]12CCCC[C@@H]1CC[C@@H]1[C@@H]2CC[C@@]2(C)[C@H]1CC[C@]2(O)CCO. The van der Waals surface area contributed by atoms with Crippen molar-refractivity contribution >= 4 is 0 Å². The molecule has 0 aliphatic heterocycles. The van der Waals surface area contributed by atoms with Gasteiger partial charge in [-0.05, 0) is 92.3 Å². The number of fused-ring (bicyclic) bond motifs is 5. The summed E-state index contributed by atoms with van der Waals surface area (Å²) in [7, 11) is 0. The van der Waals surface area contributed by atoms with Crippen molar-refractivity contribution in [3.05, 3.63) is 0 Å². The normalized spacial score (nSPS) is 55.8. The maximum Gasteiger partial charge on any atom is 0.0725 e. The molecule has 23 heavy (non-hydrogen) atoms. The van der Waals surface area contributed by atoms with E-state index in [4.69, 9.17) is 0 Å². The minimum Gasteiger partial charge on any atom is -0.396 e. The van der Waals surface area contributed by atoms with E-state index in [1.807, 2.05) is 0 Å². The van der Waals surface area contributed by atoms with Crippen LogP contribution in [0.2, 0.25) is 0 Å². The largest absolute Gasteiger partial charge is 0.396 e. The molecule has 0 unspecified atom stereocenters. The molecule has 132 valence electrons. The van der Waals surface area contributed by atoms with Gasteiger partial charge < -0.3 is 10.2 Å². The Morgan fingerprint density at radius 3 is 2.43 bits per heavy atom. The Morgan fingerprint density at radius 1 is 0.870 bits per heavy atom. The number of rotatable bonds is 2. The summed E-state index contributed by atoms with van der Waals surface area (Å²) < 4.78 is 0. The second kappa shape index (κ2) is 5.46. The van der Waals surface area contributed by atoms with Gasteiger partial charge in [-0.15, -0.1) is 0 Å². The van der Waals surface area contributed by atoms with Crippen LogP contribution in [0.4, 0.5) is 0 Å². The molecular formula is C21H36O2. The first-order valence-electron chi connectivity index (χ1n) is 10.3. The van der Waals surface area contributed by atoms with E-state index in [1.165, 1.54) is 57.8 Å². The lowest BCUT2D eigenvalue weighted by Gasteiger charge is -2.61. The first kappa shape index (κ1) is 16.4. The molecular weight excluding hydrogens is 284 g/mol. The Labute approximate surface area is 142 Å². The van der Waals surface area contributed by atoms with Gasteiger partial charge in [0.05, 0.1) is 5.60 Å². The highest BCUT2D eigenvalue weighted by Gasteiger charge is 2.63. The lowest BCUT2D eigenvalue weighted by molar-refractivity contribution is -0.155. The molecule has 0 radical (unpaired) electrons. The van der Waals surface area contributed by atoms with Crippen LogP contribution in [0.5, 0.6) is 0 Å². The van der Waals surface area contributed by atoms with Crippen molar-refractivity contribution in [2.75, 3.05) is 6.61 Å². The second-order valence-corrected chi connectivity index (χ2v) is 9.90. The van der Waals surface area contributed by atoms with Crippen LogP contribution in [0, 0.1) is 34.5 Å². The highest BCUT2D eigenvalue weighted by Crippen LogP contribution is 2.68. The molecule has 0 aromatic carbocycles. The van der Waals surface area contributed by atoms with Crippen LogP contribution in [0.25, 0.3) is 0 Å². The van der Waals surface area contributed by atoms with Crippen molar-refractivity contribution in [1.82, 2.24) is 0 Å². The predicted octanol–water partition coefficient (Wildman–Crippen LogP) is 4.53. The van der Waals surface area contributed by atoms with Crippen molar-refractivity contribution in [1.29, 1.82) is 0 Å². The zero-order valence-electron chi connectivity index (χ0n) is 15.2. The summed E-state index contributed by atoms with van der Waals surface area (Å²) in [4.78, 5) is 0. The highest BCUT2D eigenvalue weighted by atomic mass is 16.3. The maximum atomic E-state index is 11.3.